The van der Waals surface area contributed by atoms with E-state index in [0.29, 0.717) is 12.6 Å². The van der Waals surface area contributed by atoms with Gasteiger partial charge in [0.1, 0.15) is 0 Å². The van der Waals surface area contributed by atoms with E-state index in [1.54, 1.807) is 7.11 Å². The lowest BCUT2D eigenvalue weighted by Gasteiger charge is -2.39. The molecule has 6 nitrogen and oxygen atoms in total. The van der Waals surface area contributed by atoms with Crippen LogP contribution in [0.2, 0.25) is 0 Å². The van der Waals surface area contributed by atoms with E-state index in [1.807, 2.05) is 6.92 Å². The number of nitrogens with one attached hydrogen (secondary N) is 1. The molecule has 0 radical (unpaired) electrons. The first-order chi connectivity index (χ1) is 8.08. The molecule has 100 valence electrons. The van der Waals surface area contributed by atoms with Crippen LogP contribution in [0.1, 0.15) is 13.8 Å². The molecule has 0 aromatic carbocycles. The predicted molar refractivity (Wildman–Crippen MR) is 69.8 cm³/mol. The van der Waals surface area contributed by atoms with Crippen LogP contribution in [-0.2, 0) is 4.74 Å². The minimum absolute atomic E-state index is 0.109. The first-order valence-electron chi connectivity index (χ1n) is 6.07. The van der Waals surface area contributed by atoms with Crippen LogP contribution >= 0.6 is 0 Å². The quantitative estimate of drug-likeness (QED) is 0.302. The van der Waals surface area contributed by atoms with Crippen molar-refractivity contribution in [2.24, 2.45) is 10.8 Å². The van der Waals surface area contributed by atoms with Gasteiger partial charge in [0.2, 0.25) is 5.96 Å². The third-order valence-corrected chi connectivity index (χ3v) is 2.98. The Morgan fingerprint density at radius 3 is 2.82 bits per heavy atom. The van der Waals surface area contributed by atoms with Gasteiger partial charge >= 0.3 is 0 Å². The SMILES string of the molecule is COCC(C)N=C(NN)N1CCN(C)CC1C. The number of methoxy groups -OCH3 is 1. The van der Waals surface area contributed by atoms with E-state index in [1.165, 1.54) is 0 Å². The smallest absolute Gasteiger partial charge is 0.209 e. The Bertz CT molecular complexity index is 258. The Balaban J connectivity index is 2.66. The second-order valence-electron chi connectivity index (χ2n) is 4.71. The fraction of sp³-hybridized carbons (Fsp3) is 0.909. The van der Waals surface area contributed by atoms with E-state index < -0.39 is 0 Å². The van der Waals surface area contributed by atoms with E-state index in [-0.39, 0.29) is 6.04 Å². The van der Waals surface area contributed by atoms with Crippen molar-refractivity contribution in [2.45, 2.75) is 25.9 Å². The van der Waals surface area contributed by atoms with Gasteiger partial charge in [-0.05, 0) is 20.9 Å². The van der Waals surface area contributed by atoms with E-state index in [9.17, 15) is 0 Å². The van der Waals surface area contributed by atoms with Crippen molar-refractivity contribution >= 4 is 5.96 Å². The van der Waals surface area contributed by atoms with Gasteiger partial charge in [-0.25, -0.2) is 10.8 Å². The van der Waals surface area contributed by atoms with Crippen molar-refractivity contribution < 1.29 is 4.74 Å². The number of hydrogen-bond acceptors (Lipinski definition) is 4. The third-order valence-electron chi connectivity index (χ3n) is 2.98. The number of ether oxygens (including phenoxy) is 1. The normalized spacial score (nSPS) is 24.9. The lowest BCUT2D eigenvalue weighted by Crippen LogP contribution is -2.57. The third kappa shape index (κ3) is 4.14. The summed E-state index contributed by atoms with van der Waals surface area (Å²) in [7, 11) is 3.81. The van der Waals surface area contributed by atoms with Gasteiger partial charge in [0, 0.05) is 32.8 Å². The molecule has 17 heavy (non-hydrogen) atoms. The van der Waals surface area contributed by atoms with Crippen molar-refractivity contribution in [3.63, 3.8) is 0 Å². The number of hydrazine groups is 1. The highest BCUT2D eigenvalue weighted by Crippen LogP contribution is 2.08. The highest BCUT2D eigenvalue weighted by Gasteiger charge is 2.24. The molecule has 2 atom stereocenters. The first kappa shape index (κ1) is 14.2. The van der Waals surface area contributed by atoms with Crippen molar-refractivity contribution in [3.8, 4) is 0 Å². The molecule has 1 fully saturated rings. The maximum absolute atomic E-state index is 5.57. The molecular formula is C11H25N5O. The zero-order valence-corrected chi connectivity index (χ0v) is 11.3. The predicted octanol–water partition coefficient (Wildman–Crippen LogP) is -0.523. The molecule has 0 aromatic rings. The molecule has 3 N–H and O–H groups in total. The van der Waals surface area contributed by atoms with Crippen LogP contribution in [0.3, 0.4) is 0 Å². The van der Waals surface area contributed by atoms with Crippen molar-refractivity contribution in [1.29, 1.82) is 0 Å². The number of likely N-dealkylation sites (N-methyl/N-ethyl adjacent to an activating group) is 1. The van der Waals surface area contributed by atoms with E-state index in [2.05, 4.69) is 34.2 Å². The molecule has 0 spiro atoms. The van der Waals surface area contributed by atoms with Crippen LogP contribution in [0, 0.1) is 0 Å². The molecule has 1 heterocycles. The van der Waals surface area contributed by atoms with Crippen LogP contribution in [0.5, 0.6) is 0 Å². The average Bonchev–Trinajstić information content (AvgIpc) is 2.27. The standard InChI is InChI=1S/C11H25N5O/c1-9(8-17-4)13-11(14-12)16-6-5-15(3)7-10(16)2/h9-10H,5-8,12H2,1-4H3,(H,13,14). The number of hydrogen-bond donors (Lipinski definition) is 2. The van der Waals surface area contributed by atoms with Crippen LogP contribution in [0.4, 0.5) is 0 Å². The first-order valence-corrected chi connectivity index (χ1v) is 6.07. The van der Waals surface area contributed by atoms with Gasteiger partial charge in [-0.2, -0.15) is 0 Å². The second kappa shape index (κ2) is 6.78. The Morgan fingerprint density at radius 1 is 1.59 bits per heavy atom. The molecule has 2 unspecified atom stereocenters. The number of piperazine rings is 1. The molecule has 0 amide bonds. The number of nitrogens with two attached hydrogens (primary N) is 1. The highest BCUT2D eigenvalue weighted by molar-refractivity contribution is 5.80. The van der Waals surface area contributed by atoms with Gasteiger partial charge < -0.3 is 14.5 Å². The van der Waals surface area contributed by atoms with Crippen molar-refractivity contribution in [2.75, 3.05) is 40.4 Å². The van der Waals surface area contributed by atoms with E-state index in [0.717, 1.165) is 25.6 Å². The summed E-state index contributed by atoms with van der Waals surface area (Å²) in [4.78, 5) is 9.07. The molecule has 6 heteroatoms. The molecule has 1 aliphatic heterocycles. The molecule has 1 saturated heterocycles. The average molecular weight is 243 g/mol. The Kier molecular flexibility index (Phi) is 5.67. The van der Waals surface area contributed by atoms with Crippen LogP contribution < -0.4 is 11.3 Å². The van der Waals surface area contributed by atoms with Crippen molar-refractivity contribution in [1.82, 2.24) is 15.2 Å². The van der Waals surface area contributed by atoms with Gasteiger partial charge in [0.25, 0.3) is 0 Å². The molecule has 0 aromatic heterocycles. The molecule has 0 bridgehead atoms. The van der Waals surface area contributed by atoms with Gasteiger partial charge in [-0.1, -0.05) is 0 Å². The summed E-state index contributed by atoms with van der Waals surface area (Å²) >= 11 is 0. The second-order valence-corrected chi connectivity index (χ2v) is 4.71. The summed E-state index contributed by atoms with van der Waals surface area (Å²) in [5.74, 6) is 6.33. The summed E-state index contributed by atoms with van der Waals surface area (Å²) in [6.07, 6.45) is 0. The summed E-state index contributed by atoms with van der Waals surface area (Å²) < 4.78 is 5.08. The topological polar surface area (TPSA) is 66.1 Å². The Hall–Kier alpha value is -0.850. The fourth-order valence-corrected chi connectivity index (χ4v) is 2.14. The van der Waals surface area contributed by atoms with Crippen LogP contribution in [0.15, 0.2) is 4.99 Å². The zero-order valence-electron chi connectivity index (χ0n) is 11.3. The highest BCUT2D eigenvalue weighted by atomic mass is 16.5. The van der Waals surface area contributed by atoms with Gasteiger partial charge in [0.05, 0.1) is 12.6 Å². The molecule has 1 aliphatic rings. The zero-order chi connectivity index (χ0) is 12.8. The van der Waals surface area contributed by atoms with Crippen LogP contribution in [0.25, 0.3) is 0 Å². The summed E-state index contributed by atoms with van der Waals surface area (Å²) in [5.41, 5.74) is 2.71. The van der Waals surface area contributed by atoms with Crippen LogP contribution in [-0.4, -0.2) is 68.2 Å². The minimum atomic E-state index is 0.109. The summed E-state index contributed by atoms with van der Waals surface area (Å²) in [6.45, 7) is 7.81. The lowest BCUT2D eigenvalue weighted by atomic mass is 10.2. The number of nitrogens with zero attached hydrogens (tertiary/aromatic N) is 3. The Morgan fingerprint density at radius 2 is 2.29 bits per heavy atom. The Labute approximate surface area is 104 Å². The monoisotopic (exact) mass is 243 g/mol. The van der Waals surface area contributed by atoms with Gasteiger partial charge in [-0.15, -0.1) is 0 Å². The number of guanidine groups is 1. The van der Waals surface area contributed by atoms with E-state index >= 15 is 0 Å². The number of aliphatic imine (C=N–C) groups is 1. The van der Waals surface area contributed by atoms with Gasteiger partial charge in [0.15, 0.2) is 0 Å². The maximum atomic E-state index is 5.57. The molecular weight excluding hydrogens is 218 g/mol. The largest absolute Gasteiger partial charge is 0.382 e. The molecule has 0 saturated carbocycles. The maximum Gasteiger partial charge on any atom is 0.209 e. The minimum Gasteiger partial charge on any atom is -0.382 e. The van der Waals surface area contributed by atoms with Crippen molar-refractivity contribution in [3.05, 3.63) is 0 Å². The lowest BCUT2D eigenvalue weighted by molar-refractivity contribution is 0.155. The van der Waals surface area contributed by atoms with Gasteiger partial charge in [-0.3, -0.25) is 5.43 Å². The molecule has 0 aliphatic carbocycles. The summed E-state index contributed by atoms with van der Waals surface area (Å²) in [6, 6.07) is 0.524. The number of rotatable bonds is 3. The molecule has 1 rings (SSSR count). The fourth-order valence-electron chi connectivity index (χ4n) is 2.14. The summed E-state index contributed by atoms with van der Waals surface area (Å²) in [5, 5.41) is 0. The van der Waals surface area contributed by atoms with E-state index in [4.69, 9.17) is 10.6 Å².